The number of nitrogens with one attached hydrogen (secondary N) is 1. The number of aryl methyl sites for hydroxylation is 1. The molecule has 1 aliphatic heterocycles. The number of esters is 1. The van der Waals surface area contributed by atoms with Crippen molar-refractivity contribution in [2.24, 2.45) is 5.92 Å². The van der Waals surface area contributed by atoms with Crippen LogP contribution in [-0.2, 0) is 9.47 Å². The zero-order valence-corrected chi connectivity index (χ0v) is 23.0. The number of rotatable bonds is 9. The fourth-order valence-corrected chi connectivity index (χ4v) is 5.81. The molecule has 0 amide bonds. The highest BCUT2D eigenvalue weighted by Crippen LogP contribution is 2.37. The van der Waals surface area contributed by atoms with Gasteiger partial charge in [0.15, 0.2) is 16.7 Å². The Labute approximate surface area is 228 Å². The van der Waals surface area contributed by atoms with Crippen molar-refractivity contribution in [3.05, 3.63) is 50.5 Å². The number of anilines is 1. The predicted molar refractivity (Wildman–Crippen MR) is 141 cm³/mol. The molecule has 8 nitrogen and oxygen atoms in total. The molecule has 4 rings (SSSR count). The number of thiazole rings is 1. The molecule has 3 aromatic heterocycles. The summed E-state index contributed by atoms with van der Waals surface area (Å²) >= 11 is 13.5. The molecular formula is C25H27Cl2FN4O4S. The van der Waals surface area contributed by atoms with Crippen LogP contribution >= 0.6 is 34.5 Å². The van der Waals surface area contributed by atoms with Gasteiger partial charge in [-0.25, -0.2) is 14.2 Å². The van der Waals surface area contributed by atoms with Crippen LogP contribution in [0.1, 0.15) is 52.5 Å². The molecule has 0 unspecified atom stereocenters. The monoisotopic (exact) mass is 568 g/mol. The molecule has 0 aromatic carbocycles. The number of Topliss-reactive ketones (excluding diaryl/α,β-unsaturated/α-hetero) is 1. The van der Waals surface area contributed by atoms with Crippen LogP contribution in [0.4, 0.5) is 9.52 Å². The number of carbonyl (C=O) groups excluding carboxylic acids is 2. The number of aromatic amines is 1. The van der Waals surface area contributed by atoms with Gasteiger partial charge in [-0.1, -0.05) is 34.5 Å². The lowest BCUT2D eigenvalue weighted by Crippen LogP contribution is -2.46. The minimum absolute atomic E-state index is 0.00771. The molecule has 4 heterocycles. The Morgan fingerprint density at radius 2 is 2.03 bits per heavy atom. The molecule has 0 saturated carbocycles. The summed E-state index contributed by atoms with van der Waals surface area (Å²) in [6.07, 6.45) is 2.07. The smallest absolute Gasteiger partial charge is 0.350 e. The first-order valence-corrected chi connectivity index (χ1v) is 13.5. The zero-order valence-electron chi connectivity index (χ0n) is 20.6. The van der Waals surface area contributed by atoms with Crippen molar-refractivity contribution in [3.8, 4) is 11.4 Å². The number of ketones is 1. The molecule has 1 N–H and O–H groups in total. The molecule has 3 aromatic rings. The number of piperidine rings is 1. The highest BCUT2D eigenvalue weighted by atomic mass is 35.5. The summed E-state index contributed by atoms with van der Waals surface area (Å²) in [6, 6.07) is 2.75. The third kappa shape index (κ3) is 5.82. The van der Waals surface area contributed by atoms with Crippen molar-refractivity contribution in [2.75, 3.05) is 31.2 Å². The molecule has 0 aliphatic carbocycles. The third-order valence-electron chi connectivity index (χ3n) is 6.19. The van der Waals surface area contributed by atoms with Crippen molar-refractivity contribution >= 4 is 51.4 Å². The molecule has 0 radical (unpaired) electrons. The Morgan fingerprint density at radius 1 is 1.24 bits per heavy atom. The summed E-state index contributed by atoms with van der Waals surface area (Å²) in [6.45, 7) is 7.02. The van der Waals surface area contributed by atoms with Gasteiger partial charge in [-0.2, -0.15) is 0 Å². The number of pyridine rings is 1. The Morgan fingerprint density at radius 3 is 2.68 bits per heavy atom. The lowest BCUT2D eigenvalue weighted by molar-refractivity contribution is 0.0103. The summed E-state index contributed by atoms with van der Waals surface area (Å²) in [4.78, 5) is 39.6. The van der Waals surface area contributed by atoms with E-state index in [0.29, 0.717) is 47.7 Å². The van der Waals surface area contributed by atoms with E-state index in [4.69, 9.17) is 32.7 Å². The van der Waals surface area contributed by atoms with Crippen molar-refractivity contribution in [1.29, 1.82) is 0 Å². The number of H-pyrrole nitrogens is 1. The summed E-state index contributed by atoms with van der Waals surface area (Å²) < 4.78 is 25.8. The molecule has 37 heavy (non-hydrogen) atoms. The lowest BCUT2D eigenvalue weighted by atomic mass is 9.88. The number of hydrogen-bond acceptors (Lipinski definition) is 8. The number of ether oxygens (including phenoxy) is 2. The molecule has 1 saturated heterocycles. The van der Waals surface area contributed by atoms with Gasteiger partial charge in [0.05, 0.1) is 22.8 Å². The van der Waals surface area contributed by atoms with Gasteiger partial charge in [-0.3, -0.25) is 9.78 Å². The first kappa shape index (κ1) is 27.5. The van der Waals surface area contributed by atoms with Crippen LogP contribution in [0.5, 0.6) is 0 Å². The van der Waals surface area contributed by atoms with Crippen LogP contribution in [0.15, 0.2) is 18.3 Å². The number of aromatic nitrogens is 3. The SMILES string of the molecule is CCOC(=O)c1sc(N2CC[C@@H](CC(=O)c3[nH]c(C)c(Cl)c3Cl)[C@@H](OCC)C2)nc1-c1ncccc1F. The Hall–Kier alpha value is -2.53. The molecular weight excluding hydrogens is 542 g/mol. The Bertz CT molecular complexity index is 1300. The molecule has 0 bridgehead atoms. The fraction of sp³-hybridized carbons (Fsp3) is 0.440. The van der Waals surface area contributed by atoms with Crippen LogP contribution < -0.4 is 4.90 Å². The van der Waals surface area contributed by atoms with E-state index in [0.717, 1.165) is 11.3 Å². The summed E-state index contributed by atoms with van der Waals surface area (Å²) in [5, 5.41) is 1.12. The van der Waals surface area contributed by atoms with Gasteiger partial charge in [0.1, 0.15) is 22.0 Å². The van der Waals surface area contributed by atoms with Crippen molar-refractivity contribution in [3.63, 3.8) is 0 Å². The van der Waals surface area contributed by atoms with Crippen LogP contribution in [0.2, 0.25) is 10.0 Å². The second kappa shape index (κ2) is 11.9. The molecule has 12 heteroatoms. The number of nitrogens with zero attached hydrogens (tertiary/aromatic N) is 3. The summed E-state index contributed by atoms with van der Waals surface area (Å²) in [5.74, 6) is -1.34. The van der Waals surface area contributed by atoms with Crippen LogP contribution in [0.25, 0.3) is 11.4 Å². The summed E-state index contributed by atoms with van der Waals surface area (Å²) in [5.41, 5.74) is 1.09. The number of hydrogen-bond donors (Lipinski definition) is 1. The highest BCUT2D eigenvalue weighted by Gasteiger charge is 2.35. The Kier molecular flexibility index (Phi) is 8.84. The third-order valence-corrected chi connectivity index (χ3v) is 8.23. The second-order valence-electron chi connectivity index (χ2n) is 8.60. The van der Waals surface area contributed by atoms with E-state index in [9.17, 15) is 14.0 Å². The van der Waals surface area contributed by atoms with Gasteiger partial charge in [0, 0.05) is 38.0 Å². The molecule has 198 valence electrons. The van der Waals surface area contributed by atoms with Gasteiger partial charge in [0.2, 0.25) is 0 Å². The zero-order chi connectivity index (χ0) is 26.7. The summed E-state index contributed by atoms with van der Waals surface area (Å²) in [7, 11) is 0. The van der Waals surface area contributed by atoms with Crippen molar-refractivity contribution in [1.82, 2.24) is 15.0 Å². The molecule has 0 spiro atoms. The van der Waals surface area contributed by atoms with Crippen LogP contribution in [0.3, 0.4) is 0 Å². The van der Waals surface area contributed by atoms with Crippen molar-refractivity contribution < 1.29 is 23.5 Å². The Balaban J connectivity index is 1.57. The normalized spacial score (nSPS) is 17.7. The standard InChI is InChI=1S/C25H27Cl2FN4O4S/c1-4-35-17-12-32(10-8-14(17)11-16(33)21-19(27)18(26)13(3)30-21)25-31-22(20-15(28)7-6-9-29-20)23(37-25)24(34)36-5-2/h6-7,9,14,17,30H,4-5,8,10-12H2,1-3H3/t14-,17-/m0/s1. The van der Waals surface area contributed by atoms with Gasteiger partial charge in [-0.05, 0) is 45.2 Å². The number of carbonyl (C=O) groups is 2. The van der Waals surface area contributed by atoms with Gasteiger partial charge in [0.25, 0.3) is 0 Å². The lowest BCUT2D eigenvalue weighted by Gasteiger charge is -2.38. The predicted octanol–water partition coefficient (Wildman–Crippen LogP) is 5.97. The van der Waals surface area contributed by atoms with E-state index in [1.807, 2.05) is 11.8 Å². The minimum atomic E-state index is -0.579. The second-order valence-corrected chi connectivity index (χ2v) is 10.3. The van der Waals surface area contributed by atoms with Gasteiger partial charge >= 0.3 is 5.97 Å². The molecule has 1 fully saturated rings. The average molecular weight is 569 g/mol. The van der Waals surface area contributed by atoms with Gasteiger partial charge in [-0.15, -0.1) is 0 Å². The van der Waals surface area contributed by atoms with E-state index in [1.165, 1.54) is 18.3 Å². The maximum absolute atomic E-state index is 14.6. The quantitative estimate of drug-likeness (QED) is 0.251. The molecule has 2 atom stereocenters. The highest BCUT2D eigenvalue weighted by molar-refractivity contribution is 7.17. The molecule has 1 aliphatic rings. The fourth-order valence-electron chi connectivity index (χ4n) is 4.38. The van der Waals surface area contributed by atoms with Crippen molar-refractivity contribution in [2.45, 2.75) is 39.7 Å². The largest absolute Gasteiger partial charge is 0.462 e. The van der Waals surface area contributed by atoms with E-state index in [1.54, 1.807) is 13.8 Å². The van der Waals surface area contributed by atoms with E-state index >= 15 is 0 Å². The maximum atomic E-state index is 14.6. The van der Waals surface area contributed by atoms with E-state index < -0.39 is 11.8 Å². The number of halogens is 3. The van der Waals surface area contributed by atoms with Gasteiger partial charge < -0.3 is 19.4 Å². The topological polar surface area (TPSA) is 97.4 Å². The van der Waals surface area contributed by atoms with Crippen LogP contribution in [-0.4, -0.2) is 59.1 Å². The van der Waals surface area contributed by atoms with E-state index in [2.05, 4.69) is 15.0 Å². The van der Waals surface area contributed by atoms with E-state index in [-0.39, 0.29) is 52.1 Å². The maximum Gasteiger partial charge on any atom is 0.350 e. The first-order chi connectivity index (χ1) is 17.7. The van der Waals surface area contributed by atoms with Crippen LogP contribution in [0, 0.1) is 18.7 Å². The minimum Gasteiger partial charge on any atom is -0.462 e. The first-order valence-electron chi connectivity index (χ1n) is 12.0. The average Bonchev–Trinajstić information content (AvgIpc) is 3.43.